The van der Waals surface area contributed by atoms with Crippen LogP contribution in [0.1, 0.15) is 20.3 Å². The van der Waals surface area contributed by atoms with Crippen LogP contribution in [-0.2, 0) is 0 Å². The van der Waals surface area contributed by atoms with Gasteiger partial charge in [-0.25, -0.2) is 0 Å². The van der Waals surface area contributed by atoms with Crippen molar-refractivity contribution in [2.24, 2.45) is 0 Å². The largest absolute Gasteiger partial charge is 0.486 e. The summed E-state index contributed by atoms with van der Waals surface area (Å²) in [6.45, 7) is 7.90. The fourth-order valence-corrected chi connectivity index (χ4v) is 2.86. The number of ether oxygens (including phenoxy) is 2. The zero-order valence-electron chi connectivity index (χ0n) is 11.7. The van der Waals surface area contributed by atoms with E-state index >= 15 is 0 Å². The number of hydrogen-bond acceptors (Lipinski definition) is 4. The van der Waals surface area contributed by atoms with E-state index in [1.165, 1.54) is 12.1 Å². The maximum atomic E-state index is 5.67. The standard InChI is InChI=1S/C15H22N2O2/c1-11-5-6-17(10-12(2)16-11)13-3-4-14-15(9-13)19-8-7-18-14/h3-4,9,11-12,16H,5-8,10H2,1-2H3. The zero-order chi connectivity index (χ0) is 13.2. The molecule has 0 aliphatic carbocycles. The van der Waals surface area contributed by atoms with Crippen LogP contribution >= 0.6 is 0 Å². The fourth-order valence-electron chi connectivity index (χ4n) is 2.86. The molecule has 4 nitrogen and oxygen atoms in total. The Bertz CT molecular complexity index is 450. The molecule has 19 heavy (non-hydrogen) atoms. The third kappa shape index (κ3) is 2.78. The molecule has 104 valence electrons. The van der Waals surface area contributed by atoms with E-state index < -0.39 is 0 Å². The summed E-state index contributed by atoms with van der Waals surface area (Å²) >= 11 is 0. The van der Waals surface area contributed by atoms with Gasteiger partial charge in [-0.15, -0.1) is 0 Å². The first-order valence-electron chi connectivity index (χ1n) is 7.13. The summed E-state index contributed by atoms with van der Waals surface area (Å²) in [4.78, 5) is 2.43. The molecule has 0 bridgehead atoms. The highest BCUT2D eigenvalue weighted by Gasteiger charge is 2.20. The average molecular weight is 262 g/mol. The van der Waals surface area contributed by atoms with Crippen molar-refractivity contribution < 1.29 is 9.47 Å². The molecule has 2 heterocycles. The van der Waals surface area contributed by atoms with Crippen LogP contribution in [-0.4, -0.2) is 38.4 Å². The topological polar surface area (TPSA) is 33.7 Å². The summed E-state index contributed by atoms with van der Waals surface area (Å²) in [6, 6.07) is 7.35. The Kier molecular flexibility index (Phi) is 3.51. The van der Waals surface area contributed by atoms with Crippen molar-refractivity contribution in [3.05, 3.63) is 18.2 Å². The lowest BCUT2D eigenvalue weighted by molar-refractivity contribution is 0.171. The summed E-state index contributed by atoms with van der Waals surface area (Å²) in [5.41, 5.74) is 1.23. The molecule has 1 N–H and O–H groups in total. The first-order valence-corrected chi connectivity index (χ1v) is 7.13. The maximum absolute atomic E-state index is 5.67. The molecule has 2 atom stereocenters. The van der Waals surface area contributed by atoms with E-state index in [1.807, 2.05) is 6.07 Å². The lowest BCUT2D eigenvalue weighted by Crippen LogP contribution is -2.37. The van der Waals surface area contributed by atoms with Crippen LogP contribution in [0.15, 0.2) is 18.2 Å². The van der Waals surface area contributed by atoms with Crippen LogP contribution in [0.2, 0.25) is 0 Å². The highest BCUT2D eigenvalue weighted by Crippen LogP contribution is 2.34. The van der Waals surface area contributed by atoms with Crippen molar-refractivity contribution in [2.75, 3.05) is 31.2 Å². The maximum Gasteiger partial charge on any atom is 0.163 e. The molecule has 3 rings (SSSR count). The van der Waals surface area contributed by atoms with Crippen molar-refractivity contribution in [2.45, 2.75) is 32.4 Å². The summed E-state index contributed by atoms with van der Waals surface area (Å²) in [7, 11) is 0. The molecular weight excluding hydrogens is 240 g/mol. The Morgan fingerprint density at radius 1 is 1.11 bits per heavy atom. The molecule has 0 amide bonds. The van der Waals surface area contributed by atoms with Crippen molar-refractivity contribution in [1.29, 1.82) is 0 Å². The van der Waals surface area contributed by atoms with Crippen LogP contribution in [0.25, 0.3) is 0 Å². The van der Waals surface area contributed by atoms with Crippen molar-refractivity contribution in [1.82, 2.24) is 5.32 Å². The Balaban J connectivity index is 1.81. The molecule has 0 spiro atoms. The Morgan fingerprint density at radius 3 is 2.74 bits per heavy atom. The number of fused-ring (bicyclic) bond motifs is 1. The lowest BCUT2D eigenvalue weighted by atomic mass is 10.2. The number of rotatable bonds is 1. The highest BCUT2D eigenvalue weighted by molar-refractivity contribution is 5.57. The first kappa shape index (κ1) is 12.6. The minimum Gasteiger partial charge on any atom is -0.486 e. The molecule has 0 radical (unpaired) electrons. The van der Waals surface area contributed by atoms with E-state index in [2.05, 4.69) is 36.2 Å². The van der Waals surface area contributed by atoms with Gasteiger partial charge < -0.3 is 19.7 Å². The smallest absolute Gasteiger partial charge is 0.163 e. The quantitative estimate of drug-likeness (QED) is 0.839. The van der Waals surface area contributed by atoms with Crippen LogP contribution in [0.5, 0.6) is 11.5 Å². The van der Waals surface area contributed by atoms with Gasteiger partial charge >= 0.3 is 0 Å². The predicted molar refractivity (Wildman–Crippen MR) is 76.3 cm³/mol. The van der Waals surface area contributed by atoms with E-state index in [4.69, 9.17) is 9.47 Å². The molecule has 2 aliphatic rings. The molecule has 2 aliphatic heterocycles. The van der Waals surface area contributed by atoms with Crippen molar-refractivity contribution in [3.8, 4) is 11.5 Å². The molecule has 1 fully saturated rings. The Morgan fingerprint density at radius 2 is 1.89 bits per heavy atom. The second kappa shape index (κ2) is 5.29. The monoisotopic (exact) mass is 262 g/mol. The highest BCUT2D eigenvalue weighted by atomic mass is 16.6. The Labute approximate surface area is 114 Å². The third-order valence-corrected chi connectivity index (χ3v) is 3.79. The first-order chi connectivity index (χ1) is 9.22. The van der Waals surface area contributed by atoms with Gasteiger partial charge in [-0.1, -0.05) is 0 Å². The summed E-state index contributed by atoms with van der Waals surface area (Å²) < 4.78 is 11.2. The van der Waals surface area contributed by atoms with E-state index in [1.54, 1.807) is 0 Å². The molecule has 1 saturated heterocycles. The minimum atomic E-state index is 0.505. The molecule has 2 unspecified atom stereocenters. The summed E-state index contributed by atoms with van der Waals surface area (Å²) in [5, 5.41) is 3.61. The van der Waals surface area contributed by atoms with Gasteiger partial charge in [0, 0.05) is 36.9 Å². The van der Waals surface area contributed by atoms with Crippen LogP contribution in [0.3, 0.4) is 0 Å². The van der Waals surface area contributed by atoms with Gasteiger partial charge in [-0.3, -0.25) is 0 Å². The van der Waals surface area contributed by atoms with Crippen molar-refractivity contribution >= 4 is 5.69 Å². The molecule has 1 aromatic carbocycles. The second-order valence-corrected chi connectivity index (χ2v) is 5.53. The van der Waals surface area contributed by atoms with E-state index in [-0.39, 0.29) is 0 Å². The molecule has 4 heteroatoms. The van der Waals surface area contributed by atoms with Gasteiger partial charge in [0.05, 0.1) is 0 Å². The van der Waals surface area contributed by atoms with E-state index in [0.29, 0.717) is 25.3 Å². The lowest BCUT2D eigenvalue weighted by Gasteiger charge is -2.27. The van der Waals surface area contributed by atoms with Gasteiger partial charge in [-0.2, -0.15) is 0 Å². The van der Waals surface area contributed by atoms with Crippen LogP contribution in [0.4, 0.5) is 5.69 Å². The van der Waals surface area contributed by atoms with E-state index in [0.717, 1.165) is 24.6 Å². The van der Waals surface area contributed by atoms with Crippen LogP contribution in [0, 0.1) is 0 Å². The average Bonchev–Trinajstić information content (AvgIpc) is 2.59. The summed E-state index contributed by atoms with van der Waals surface area (Å²) in [5.74, 6) is 1.74. The number of nitrogens with one attached hydrogen (secondary N) is 1. The predicted octanol–water partition coefficient (Wildman–Crippen LogP) is 2.03. The van der Waals surface area contributed by atoms with Gasteiger partial charge in [0.2, 0.25) is 0 Å². The molecule has 0 saturated carbocycles. The van der Waals surface area contributed by atoms with E-state index in [9.17, 15) is 0 Å². The van der Waals surface area contributed by atoms with Crippen LogP contribution < -0.4 is 19.7 Å². The molecule has 0 aromatic heterocycles. The number of benzene rings is 1. The number of hydrogen-bond donors (Lipinski definition) is 1. The third-order valence-electron chi connectivity index (χ3n) is 3.79. The fraction of sp³-hybridized carbons (Fsp3) is 0.600. The number of nitrogens with zero attached hydrogens (tertiary/aromatic N) is 1. The number of anilines is 1. The summed E-state index contributed by atoms with van der Waals surface area (Å²) in [6.07, 6.45) is 1.17. The normalized spacial score (nSPS) is 26.9. The Hall–Kier alpha value is -1.42. The molecule has 1 aromatic rings. The van der Waals surface area contributed by atoms with Gasteiger partial charge in [0.25, 0.3) is 0 Å². The molecular formula is C15H22N2O2. The SMILES string of the molecule is CC1CCN(c2ccc3c(c2)OCCO3)CC(C)N1. The minimum absolute atomic E-state index is 0.505. The van der Waals surface area contributed by atoms with Gasteiger partial charge in [0.1, 0.15) is 13.2 Å². The van der Waals surface area contributed by atoms with Gasteiger partial charge in [-0.05, 0) is 32.4 Å². The second-order valence-electron chi connectivity index (χ2n) is 5.53. The van der Waals surface area contributed by atoms with Gasteiger partial charge in [0.15, 0.2) is 11.5 Å². The van der Waals surface area contributed by atoms with Crippen molar-refractivity contribution in [3.63, 3.8) is 0 Å². The zero-order valence-corrected chi connectivity index (χ0v) is 11.7.